The highest BCUT2D eigenvalue weighted by Crippen LogP contribution is 2.27. The Kier molecular flexibility index (Phi) is 4.98. The second kappa shape index (κ2) is 6.02. The lowest BCUT2D eigenvalue weighted by Gasteiger charge is -2.04. The Hall–Kier alpha value is -0.680. The first-order chi connectivity index (χ1) is 7.20. The van der Waals surface area contributed by atoms with Crippen LogP contribution in [0.3, 0.4) is 0 Å². The van der Waals surface area contributed by atoms with E-state index < -0.39 is 0 Å². The second-order valence-corrected chi connectivity index (χ2v) is 4.40. The molecule has 0 amide bonds. The number of nitrogens with zero attached hydrogens (tertiary/aromatic N) is 2. The maximum absolute atomic E-state index is 5.96. The fourth-order valence-corrected chi connectivity index (χ4v) is 2.39. The molecule has 0 radical (unpaired) electrons. The van der Waals surface area contributed by atoms with Crippen LogP contribution >= 0.6 is 11.8 Å². The van der Waals surface area contributed by atoms with Gasteiger partial charge in [0.15, 0.2) is 0 Å². The SMILES string of the molecule is CCn1nc(C)c(N)c1SCCCOC. The number of hydrogen-bond donors (Lipinski definition) is 1. The molecule has 0 saturated heterocycles. The number of rotatable bonds is 6. The summed E-state index contributed by atoms with van der Waals surface area (Å²) in [6.07, 6.45) is 1.04. The van der Waals surface area contributed by atoms with Crippen LogP contribution in [0, 0.1) is 6.92 Å². The molecular weight excluding hydrogens is 210 g/mol. The molecule has 0 bridgehead atoms. The summed E-state index contributed by atoms with van der Waals surface area (Å²) in [4.78, 5) is 0. The number of aryl methyl sites for hydroxylation is 2. The first kappa shape index (κ1) is 12.4. The number of ether oxygens (including phenoxy) is 1. The molecule has 1 aromatic heterocycles. The first-order valence-electron chi connectivity index (χ1n) is 5.15. The molecule has 1 aromatic rings. The number of thioether (sulfide) groups is 1. The van der Waals surface area contributed by atoms with Gasteiger partial charge in [0.2, 0.25) is 0 Å². The summed E-state index contributed by atoms with van der Waals surface area (Å²) >= 11 is 1.75. The molecule has 15 heavy (non-hydrogen) atoms. The summed E-state index contributed by atoms with van der Waals surface area (Å²) < 4.78 is 6.97. The smallest absolute Gasteiger partial charge is 0.117 e. The molecule has 0 atom stereocenters. The van der Waals surface area contributed by atoms with E-state index in [0.29, 0.717) is 0 Å². The molecule has 0 aromatic carbocycles. The Labute approximate surface area is 95.2 Å². The van der Waals surface area contributed by atoms with Gasteiger partial charge in [0.1, 0.15) is 5.03 Å². The first-order valence-corrected chi connectivity index (χ1v) is 6.13. The van der Waals surface area contributed by atoms with Crippen molar-refractivity contribution in [3.05, 3.63) is 5.69 Å². The van der Waals surface area contributed by atoms with Crippen LogP contribution < -0.4 is 5.73 Å². The van der Waals surface area contributed by atoms with Gasteiger partial charge in [-0.3, -0.25) is 4.68 Å². The predicted octanol–water partition coefficient (Wildman–Crippen LogP) is 1.92. The van der Waals surface area contributed by atoms with E-state index in [0.717, 1.165) is 41.7 Å². The van der Waals surface area contributed by atoms with Crippen LogP contribution in [0.2, 0.25) is 0 Å². The molecule has 0 unspecified atom stereocenters. The highest BCUT2D eigenvalue weighted by molar-refractivity contribution is 7.99. The van der Waals surface area contributed by atoms with Gasteiger partial charge < -0.3 is 10.5 Å². The van der Waals surface area contributed by atoms with Gasteiger partial charge in [0, 0.05) is 26.0 Å². The zero-order valence-electron chi connectivity index (χ0n) is 9.62. The topological polar surface area (TPSA) is 53.1 Å². The van der Waals surface area contributed by atoms with Crippen LogP contribution in [0.15, 0.2) is 5.03 Å². The van der Waals surface area contributed by atoms with Gasteiger partial charge >= 0.3 is 0 Å². The Bertz CT molecular complexity index is 312. The van der Waals surface area contributed by atoms with Gasteiger partial charge in [-0.15, -0.1) is 11.8 Å². The van der Waals surface area contributed by atoms with E-state index in [1.165, 1.54) is 0 Å². The van der Waals surface area contributed by atoms with Gasteiger partial charge in [-0.2, -0.15) is 5.10 Å². The van der Waals surface area contributed by atoms with Crippen molar-refractivity contribution >= 4 is 17.4 Å². The molecule has 0 aliphatic carbocycles. The maximum atomic E-state index is 5.96. The summed E-state index contributed by atoms with van der Waals surface area (Å²) in [6, 6.07) is 0. The molecule has 86 valence electrons. The summed E-state index contributed by atoms with van der Waals surface area (Å²) in [7, 11) is 1.72. The normalized spacial score (nSPS) is 10.9. The molecule has 1 heterocycles. The molecule has 0 spiro atoms. The second-order valence-electron chi connectivity index (χ2n) is 3.31. The van der Waals surface area contributed by atoms with E-state index in [1.54, 1.807) is 18.9 Å². The molecule has 4 nitrogen and oxygen atoms in total. The highest BCUT2D eigenvalue weighted by Gasteiger charge is 2.11. The van der Waals surface area contributed by atoms with Gasteiger partial charge in [-0.1, -0.05) is 0 Å². The van der Waals surface area contributed by atoms with Crippen LogP contribution in [0.4, 0.5) is 5.69 Å². The van der Waals surface area contributed by atoms with Gasteiger partial charge in [0.25, 0.3) is 0 Å². The third kappa shape index (κ3) is 3.14. The summed E-state index contributed by atoms with van der Waals surface area (Å²) in [5.74, 6) is 1.02. The number of aromatic nitrogens is 2. The van der Waals surface area contributed by atoms with Crippen molar-refractivity contribution in [2.75, 3.05) is 25.2 Å². The lowest BCUT2D eigenvalue weighted by atomic mass is 10.4. The van der Waals surface area contributed by atoms with Crippen molar-refractivity contribution in [2.24, 2.45) is 0 Å². The fraction of sp³-hybridized carbons (Fsp3) is 0.700. The molecule has 0 saturated carbocycles. The standard InChI is InChI=1S/C10H19N3OS/c1-4-13-10(9(11)8(2)12-13)15-7-5-6-14-3/h4-7,11H2,1-3H3. The monoisotopic (exact) mass is 229 g/mol. The molecular formula is C10H19N3OS. The number of hydrogen-bond acceptors (Lipinski definition) is 4. The van der Waals surface area contributed by atoms with Crippen molar-refractivity contribution < 1.29 is 4.74 Å². The lowest BCUT2D eigenvalue weighted by Crippen LogP contribution is -2.00. The number of nitrogens with two attached hydrogens (primary N) is 1. The fourth-order valence-electron chi connectivity index (χ4n) is 1.31. The Morgan fingerprint density at radius 1 is 1.53 bits per heavy atom. The largest absolute Gasteiger partial charge is 0.395 e. The molecule has 2 N–H and O–H groups in total. The summed E-state index contributed by atoms with van der Waals surface area (Å²) in [5.41, 5.74) is 7.70. The van der Waals surface area contributed by atoms with Crippen LogP contribution in [-0.2, 0) is 11.3 Å². The Morgan fingerprint density at radius 3 is 2.87 bits per heavy atom. The number of methoxy groups -OCH3 is 1. The van der Waals surface area contributed by atoms with Crippen molar-refractivity contribution in [3.8, 4) is 0 Å². The van der Waals surface area contributed by atoms with Crippen molar-refractivity contribution in [1.29, 1.82) is 0 Å². The minimum atomic E-state index is 0.798. The van der Waals surface area contributed by atoms with Gasteiger partial charge in [0.05, 0.1) is 11.4 Å². The molecule has 0 aliphatic heterocycles. The summed E-state index contributed by atoms with van der Waals surface area (Å²) in [6.45, 7) is 5.68. The zero-order chi connectivity index (χ0) is 11.3. The lowest BCUT2D eigenvalue weighted by molar-refractivity contribution is 0.200. The number of nitrogen functional groups attached to an aromatic ring is 1. The van der Waals surface area contributed by atoms with E-state index in [4.69, 9.17) is 10.5 Å². The van der Waals surface area contributed by atoms with Crippen LogP contribution in [0.5, 0.6) is 0 Å². The third-order valence-corrected chi connectivity index (χ3v) is 3.35. The maximum Gasteiger partial charge on any atom is 0.117 e. The summed E-state index contributed by atoms with van der Waals surface area (Å²) in [5, 5.41) is 5.46. The Balaban J connectivity index is 2.58. The predicted molar refractivity (Wildman–Crippen MR) is 64.3 cm³/mol. The van der Waals surface area contributed by atoms with E-state index >= 15 is 0 Å². The quantitative estimate of drug-likeness (QED) is 0.598. The van der Waals surface area contributed by atoms with Gasteiger partial charge in [-0.05, 0) is 20.3 Å². The molecule has 1 rings (SSSR count). The minimum Gasteiger partial charge on any atom is -0.395 e. The van der Waals surface area contributed by atoms with E-state index in [9.17, 15) is 0 Å². The molecule has 5 heteroatoms. The van der Waals surface area contributed by atoms with E-state index in [2.05, 4.69) is 12.0 Å². The van der Waals surface area contributed by atoms with Gasteiger partial charge in [-0.25, -0.2) is 0 Å². The van der Waals surface area contributed by atoms with Crippen LogP contribution in [0.1, 0.15) is 19.0 Å². The average Bonchev–Trinajstić information content (AvgIpc) is 2.51. The van der Waals surface area contributed by atoms with E-state index in [-0.39, 0.29) is 0 Å². The zero-order valence-corrected chi connectivity index (χ0v) is 10.4. The van der Waals surface area contributed by atoms with E-state index in [1.807, 2.05) is 11.6 Å². The highest BCUT2D eigenvalue weighted by atomic mass is 32.2. The van der Waals surface area contributed by atoms with Crippen molar-refractivity contribution in [3.63, 3.8) is 0 Å². The molecule has 0 fully saturated rings. The minimum absolute atomic E-state index is 0.798. The molecule has 0 aliphatic rings. The van der Waals surface area contributed by atoms with Crippen molar-refractivity contribution in [2.45, 2.75) is 31.8 Å². The van der Waals surface area contributed by atoms with Crippen LogP contribution in [0.25, 0.3) is 0 Å². The average molecular weight is 229 g/mol. The van der Waals surface area contributed by atoms with Crippen LogP contribution in [-0.4, -0.2) is 29.3 Å². The Morgan fingerprint density at radius 2 is 2.27 bits per heavy atom. The third-order valence-electron chi connectivity index (χ3n) is 2.16. The number of anilines is 1. The van der Waals surface area contributed by atoms with Crippen molar-refractivity contribution in [1.82, 2.24) is 9.78 Å².